The average Bonchev–Trinajstić information content (AvgIpc) is 3.21. The van der Waals surface area contributed by atoms with E-state index in [0.717, 1.165) is 17.0 Å². The lowest BCUT2D eigenvalue weighted by molar-refractivity contribution is -0.274. The SMILES string of the molecule is CCN(c1ccc(OC(F)(F)F)cc1CN1C(=O)OC(C2C=C(C(F)(F)F)C=C(C(F)(F)F)C2)C1C)C1CCC(C(=O)O)CC1. The van der Waals surface area contributed by atoms with Crippen LogP contribution < -0.4 is 9.64 Å². The van der Waals surface area contributed by atoms with Crippen molar-refractivity contribution in [3.8, 4) is 5.75 Å². The number of aliphatic carboxylic acids is 1. The number of carbonyl (C=O) groups excluding carboxylic acids is 1. The van der Waals surface area contributed by atoms with Gasteiger partial charge in [-0.15, -0.1) is 13.2 Å². The van der Waals surface area contributed by atoms with Crippen LogP contribution in [-0.2, 0) is 16.1 Å². The van der Waals surface area contributed by atoms with Gasteiger partial charge in [0.15, 0.2) is 0 Å². The number of carbonyl (C=O) groups is 2. The Balaban J connectivity index is 1.64. The standard InChI is InChI=1S/C29H31F9N2O5/c1-3-39(21-6-4-16(5-7-21)25(41)42)23-9-8-22(45-29(36,37)38)12-18(23)14-40-15(2)24(44-26(40)43)17-10-19(27(30,31)32)13-20(11-17)28(33,34)35/h8-10,12-13,15-17,21,24H,3-7,11,14H2,1-2H3,(H,41,42). The minimum atomic E-state index is -5.10. The molecule has 0 bridgehead atoms. The van der Waals surface area contributed by atoms with Crippen molar-refractivity contribution in [1.82, 2.24) is 4.90 Å². The molecule has 3 aliphatic rings. The number of benzene rings is 1. The van der Waals surface area contributed by atoms with E-state index >= 15 is 0 Å². The highest BCUT2D eigenvalue weighted by molar-refractivity contribution is 5.72. The molecule has 0 spiro atoms. The van der Waals surface area contributed by atoms with Crippen LogP contribution in [0.25, 0.3) is 0 Å². The molecule has 1 saturated carbocycles. The molecule has 1 aliphatic heterocycles. The second-order valence-corrected chi connectivity index (χ2v) is 11.3. The largest absolute Gasteiger partial charge is 0.573 e. The summed E-state index contributed by atoms with van der Waals surface area (Å²) in [6.07, 6.45) is -16.2. The van der Waals surface area contributed by atoms with Gasteiger partial charge in [-0.1, -0.05) is 6.08 Å². The van der Waals surface area contributed by atoms with Gasteiger partial charge in [-0.05, 0) is 75.8 Å². The van der Waals surface area contributed by atoms with Crippen LogP contribution in [0.3, 0.4) is 0 Å². The summed E-state index contributed by atoms with van der Waals surface area (Å²) in [6.45, 7) is 3.13. The average molecular weight is 659 g/mol. The van der Waals surface area contributed by atoms with Gasteiger partial charge in [-0.25, -0.2) is 4.79 Å². The highest BCUT2D eigenvalue weighted by atomic mass is 19.4. The molecule has 3 atom stereocenters. The molecule has 1 amide bonds. The number of allylic oxidation sites excluding steroid dienone is 3. The van der Waals surface area contributed by atoms with Crippen LogP contribution >= 0.6 is 0 Å². The maximum absolute atomic E-state index is 13.5. The van der Waals surface area contributed by atoms with E-state index in [1.54, 1.807) is 6.92 Å². The van der Waals surface area contributed by atoms with Gasteiger partial charge in [-0.3, -0.25) is 9.69 Å². The van der Waals surface area contributed by atoms with Gasteiger partial charge in [0.1, 0.15) is 11.9 Å². The zero-order valence-corrected chi connectivity index (χ0v) is 24.1. The van der Waals surface area contributed by atoms with Crippen molar-refractivity contribution < 1.29 is 63.7 Å². The number of ether oxygens (including phenoxy) is 2. The number of halogens is 9. The minimum absolute atomic E-state index is 0.0252. The summed E-state index contributed by atoms with van der Waals surface area (Å²) in [5, 5.41) is 9.35. The van der Waals surface area contributed by atoms with Gasteiger partial charge in [0.05, 0.1) is 24.1 Å². The number of hydrogen-bond acceptors (Lipinski definition) is 5. The van der Waals surface area contributed by atoms with Crippen molar-refractivity contribution in [2.24, 2.45) is 11.8 Å². The normalized spacial score (nSPS) is 26.2. The monoisotopic (exact) mass is 658 g/mol. The fraction of sp³-hybridized carbons (Fsp3) is 0.586. The fourth-order valence-corrected chi connectivity index (χ4v) is 6.31. The van der Waals surface area contributed by atoms with E-state index in [4.69, 9.17) is 4.74 Å². The van der Waals surface area contributed by atoms with E-state index in [-0.39, 0.29) is 17.7 Å². The topological polar surface area (TPSA) is 79.3 Å². The lowest BCUT2D eigenvalue weighted by Crippen LogP contribution is -2.41. The van der Waals surface area contributed by atoms with Crippen LogP contribution in [0.4, 0.5) is 50.0 Å². The third kappa shape index (κ3) is 7.98. The molecule has 2 aliphatic carbocycles. The van der Waals surface area contributed by atoms with Crippen LogP contribution in [0.15, 0.2) is 41.5 Å². The molecule has 1 N–H and O–H groups in total. The van der Waals surface area contributed by atoms with E-state index in [1.807, 2.05) is 4.90 Å². The van der Waals surface area contributed by atoms with Gasteiger partial charge < -0.3 is 19.5 Å². The molecule has 250 valence electrons. The van der Waals surface area contributed by atoms with Crippen molar-refractivity contribution in [2.75, 3.05) is 11.4 Å². The zero-order chi connectivity index (χ0) is 33.5. The van der Waals surface area contributed by atoms with Crippen LogP contribution in [0.2, 0.25) is 0 Å². The van der Waals surface area contributed by atoms with E-state index in [9.17, 15) is 54.2 Å². The number of anilines is 1. The number of hydrogen-bond donors (Lipinski definition) is 1. The molecule has 3 unspecified atom stereocenters. The summed E-state index contributed by atoms with van der Waals surface area (Å²) in [4.78, 5) is 27.3. The summed E-state index contributed by atoms with van der Waals surface area (Å²) in [7, 11) is 0. The zero-order valence-electron chi connectivity index (χ0n) is 24.1. The lowest BCUT2D eigenvalue weighted by atomic mass is 9.83. The highest BCUT2D eigenvalue weighted by Gasteiger charge is 2.48. The number of nitrogens with zero attached hydrogens (tertiary/aromatic N) is 2. The summed E-state index contributed by atoms with van der Waals surface area (Å²) >= 11 is 0. The molecule has 1 heterocycles. The summed E-state index contributed by atoms with van der Waals surface area (Å²) in [5.41, 5.74) is -2.38. The molecule has 0 aromatic heterocycles. The molecular formula is C29H31F9N2O5. The molecular weight excluding hydrogens is 627 g/mol. The predicted octanol–water partition coefficient (Wildman–Crippen LogP) is 7.76. The van der Waals surface area contributed by atoms with Crippen LogP contribution in [-0.4, -0.2) is 65.5 Å². The van der Waals surface area contributed by atoms with Gasteiger partial charge in [0, 0.05) is 29.8 Å². The second-order valence-electron chi connectivity index (χ2n) is 11.3. The fourth-order valence-electron chi connectivity index (χ4n) is 6.31. The second kappa shape index (κ2) is 12.7. The summed E-state index contributed by atoms with van der Waals surface area (Å²) in [6, 6.07) is 2.27. The number of carboxylic acid groups (broad SMARTS) is 1. The number of amides is 1. The number of rotatable bonds is 8. The van der Waals surface area contributed by atoms with E-state index in [2.05, 4.69) is 4.74 Å². The van der Waals surface area contributed by atoms with Crippen LogP contribution in [0, 0.1) is 11.8 Å². The Hall–Kier alpha value is -3.59. The molecule has 4 rings (SSSR count). The van der Waals surface area contributed by atoms with Gasteiger partial charge in [-0.2, -0.15) is 26.3 Å². The maximum atomic E-state index is 13.5. The molecule has 1 saturated heterocycles. The first-order chi connectivity index (χ1) is 20.8. The van der Waals surface area contributed by atoms with Gasteiger partial charge in [0.25, 0.3) is 0 Å². The Bertz CT molecular complexity index is 1330. The quantitative estimate of drug-likeness (QED) is 0.288. The first kappa shape index (κ1) is 34.3. The Morgan fingerprint density at radius 2 is 1.69 bits per heavy atom. The van der Waals surface area contributed by atoms with Crippen molar-refractivity contribution >= 4 is 17.7 Å². The van der Waals surface area contributed by atoms with Gasteiger partial charge >= 0.3 is 30.8 Å². The van der Waals surface area contributed by atoms with Crippen molar-refractivity contribution in [1.29, 1.82) is 0 Å². The molecule has 0 radical (unpaired) electrons. The molecule has 1 aromatic rings. The number of cyclic esters (lactones) is 1. The van der Waals surface area contributed by atoms with Crippen molar-refractivity contribution in [2.45, 2.75) is 89.4 Å². The van der Waals surface area contributed by atoms with E-state index in [1.165, 1.54) is 13.0 Å². The summed E-state index contributed by atoms with van der Waals surface area (Å²) < 4.78 is 130. The van der Waals surface area contributed by atoms with E-state index < -0.39 is 84.6 Å². The molecule has 7 nitrogen and oxygen atoms in total. The Morgan fingerprint density at radius 1 is 1.04 bits per heavy atom. The summed E-state index contributed by atoms with van der Waals surface area (Å²) in [5.74, 6) is -3.54. The Morgan fingerprint density at radius 3 is 2.22 bits per heavy atom. The van der Waals surface area contributed by atoms with Crippen molar-refractivity contribution in [3.63, 3.8) is 0 Å². The van der Waals surface area contributed by atoms with Gasteiger partial charge in [0.2, 0.25) is 0 Å². The predicted molar refractivity (Wildman–Crippen MR) is 141 cm³/mol. The molecule has 45 heavy (non-hydrogen) atoms. The van der Waals surface area contributed by atoms with Crippen molar-refractivity contribution in [3.05, 3.63) is 47.1 Å². The third-order valence-corrected chi connectivity index (χ3v) is 8.49. The molecule has 2 fully saturated rings. The maximum Gasteiger partial charge on any atom is 0.573 e. The Labute approximate surface area is 252 Å². The smallest absolute Gasteiger partial charge is 0.481 e. The minimum Gasteiger partial charge on any atom is -0.481 e. The molecule has 1 aromatic carbocycles. The Kier molecular flexibility index (Phi) is 9.65. The highest BCUT2D eigenvalue weighted by Crippen LogP contribution is 2.44. The van der Waals surface area contributed by atoms with E-state index in [0.29, 0.717) is 44.0 Å². The first-order valence-corrected chi connectivity index (χ1v) is 14.2. The number of carboxylic acids is 1. The number of alkyl halides is 9. The lowest BCUT2D eigenvalue weighted by Gasteiger charge is -2.38. The van der Waals surface area contributed by atoms with Crippen LogP contribution in [0.1, 0.15) is 51.5 Å². The van der Waals surface area contributed by atoms with Crippen LogP contribution in [0.5, 0.6) is 5.75 Å². The first-order valence-electron chi connectivity index (χ1n) is 14.2. The third-order valence-electron chi connectivity index (χ3n) is 8.49. The molecule has 16 heteroatoms.